The van der Waals surface area contributed by atoms with E-state index in [0.29, 0.717) is 0 Å². The zero-order chi connectivity index (χ0) is 6.15. The van der Waals surface area contributed by atoms with E-state index in [0.717, 1.165) is 13.1 Å². The third-order valence-corrected chi connectivity index (χ3v) is 2.69. The van der Waals surface area contributed by atoms with Crippen molar-refractivity contribution in [3.63, 3.8) is 0 Å². The van der Waals surface area contributed by atoms with E-state index in [1.54, 1.807) is 0 Å². The van der Waals surface area contributed by atoms with Crippen molar-refractivity contribution in [1.29, 1.82) is 0 Å². The van der Waals surface area contributed by atoms with Gasteiger partial charge in [0.2, 0.25) is 0 Å². The predicted octanol–water partition coefficient (Wildman–Crippen LogP) is -0.558. The first-order chi connectivity index (χ1) is 3.72. The highest BCUT2D eigenvalue weighted by molar-refractivity contribution is 7.86. The van der Waals surface area contributed by atoms with Crippen LogP contribution in [-0.4, -0.2) is 40.3 Å². The highest BCUT2D eigenvalue weighted by atomic mass is 32.2. The number of nitrogens with zero attached hydrogens (tertiary/aromatic N) is 2. The molecular weight excluding hydrogens is 124 g/mol. The fourth-order valence-electron chi connectivity index (χ4n) is 0.676. The Morgan fingerprint density at radius 1 is 1.25 bits per heavy atom. The van der Waals surface area contributed by atoms with Gasteiger partial charge in [-0.1, -0.05) is 0 Å². The number of likely N-dealkylation sites (N-methyl/N-ethyl adjacent to an activating group) is 2. The van der Waals surface area contributed by atoms with Crippen molar-refractivity contribution >= 4 is 11.5 Å². The van der Waals surface area contributed by atoms with E-state index in [-0.39, 0.29) is 0 Å². The van der Waals surface area contributed by atoms with E-state index in [1.807, 2.05) is 22.7 Å². The van der Waals surface area contributed by atoms with Crippen LogP contribution in [0.1, 0.15) is 0 Å². The Bertz CT molecular complexity index is 80.1. The molecule has 1 rings (SSSR count). The van der Waals surface area contributed by atoms with Gasteiger partial charge in [0.15, 0.2) is 0 Å². The lowest BCUT2D eigenvalue weighted by atomic mass is 10.6. The van der Waals surface area contributed by atoms with Gasteiger partial charge in [0, 0.05) is 14.1 Å². The van der Waals surface area contributed by atoms with E-state index in [4.69, 9.17) is 0 Å². The van der Waals surface area contributed by atoms with Crippen LogP contribution in [0.25, 0.3) is 0 Å². The van der Waals surface area contributed by atoms with Gasteiger partial charge in [-0.2, -0.15) is 0 Å². The van der Waals surface area contributed by atoms with E-state index in [2.05, 4.69) is 0 Å². The molecule has 8 heavy (non-hydrogen) atoms. The molecule has 1 fully saturated rings. The van der Waals surface area contributed by atoms with E-state index < -0.39 is 11.5 Å². The topological polar surface area (TPSA) is 29.5 Å². The minimum atomic E-state index is -0.846. The molecule has 48 valence electrons. The third kappa shape index (κ3) is 0.974. The first-order valence-corrected chi connectivity index (χ1v) is 3.62. The molecule has 1 aliphatic heterocycles. The quantitative estimate of drug-likeness (QED) is 0.416. The highest BCUT2D eigenvalue weighted by Crippen LogP contribution is 2.09. The Kier molecular flexibility index (Phi) is 1.77. The van der Waals surface area contributed by atoms with Crippen LogP contribution in [-0.2, 0) is 11.5 Å². The van der Waals surface area contributed by atoms with Crippen LogP contribution >= 0.6 is 0 Å². The number of hydrogen-bond acceptors (Lipinski definition) is 3. The Morgan fingerprint density at radius 3 is 1.75 bits per heavy atom. The normalized spacial score (nSPS) is 27.4. The summed E-state index contributed by atoms with van der Waals surface area (Å²) >= 11 is -0.846. The average molecular weight is 134 g/mol. The van der Waals surface area contributed by atoms with Gasteiger partial charge in [0.1, 0.15) is 11.5 Å². The van der Waals surface area contributed by atoms with Gasteiger partial charge in [-0.05, 0) is 0 Å². The van der Waals surface area contributed by atoms with Crippen molar-refractivity contribution in [1.82, 2.24) is 8.61 Å². The second kappa shape index (κ2) is 2.23. The van der Waals surface area contributed by atoms with Crippen molar-refractivity contribution in [3.8, 4) is 0 Å². The molecule has 1 aliphatic rings. The molecule has 0 aliphatic carbocycles. The van der Waals surface area contributed by atoms with E-state index in [1.165, 1.54) is 0 Å². The molecule has 0 saturated carbocycles. The van der Waals surface area contributed by atoms with E-state index >= 15 is 0 Å². The Labute approximate surface area is 52.7 Å². The molecule has 4 heteroatoms. The minimum Gasteiger partial charge on any atom is -0.578 e. The summed E-state index contributed by atoms with van der Waals surface area (Å²) < 4.78 is 14.5. The molecule has 0 spiro atoms. The van der Waals surface area contributed by atoms with Gasteiger partial charge in [0.25, 0.3) is 0 Å². The van der Waals surface area contributed by atoms with Crippen molar-refractivity contribution < 1.29 is 4.55 Å². The predicted molar refractivity (Wildman–Crippen MR) is 33.4 cm³/mol. The minimum absolute atomic E-state index is 0.846. The molecule has 0 aromatic rings. The van der Waals surface area contributed by atoms with Gasteiger partial charge in [-0.15, -0.1) is 8.61 Å². The number of hydrogen-bond donors (Lipinski definition) is 0. The Morgan fingerprint density at radius 2 is 1.62 bits per heavy atom. The van der Waals surface area contributed by atoms with Crippen molar-refractivity contribution in [2.45, 2.75) is 0 Å². The summed E-state index contributed by atoms with van der Waals surface area (Å²) in [5, 5.41) is 0. The van der Waals surface area contributed by atoms with Crippen LogP contribution in [0.5, 0.6) is 0 Å². The highest BCUT2D eigenvalue weighted by Gasteiger charge is 2.28. The summed E-state index contributed by atoms with van der Waals surface area (Å²) in [5.74, 6) is 0. The third-order valence-electron chi connectivity index (χ3n) is 1.26. The molecule has 0 N–H and O–H groups in total. The molecule has 0 atom stereocenters. The molecule has 1 saturated heterocycles. The van der Waals surface area contributed by atoms with Gasteiger partial charge in [-0.25, -0.2) is 0 Å². The van der Waals surface area contributed by atoms with Crippen LogP contribution < -0.4 is 0 Å². The Hall–Kier alpha value is 0.230. The van der Waals surface area contributed by atoms with E-state index in [9.17, 15) is 4.55 Å². The van der Waals surface area contributed by atoms with Crippen molar-refractivity contribution in [3.05, 3.63) is 0 Å². The SMILES string of the molecule is CN1CCN(C)[S+]1[O-]. The largest absolute Gasteiger partial charge is 0.578 e. The molecular formula is C4H10N2OS. The lowest BCUT2D eigenvalue weighted by Crippen LogP contribution is -2.27. The summed E-state index contributed by atoms with van der Waals surface area (Å²) in [6.07, 6.45) is 0. The first kappa shape index (κ1) is 6.35. The lowest BCUT2D eigenvalue weighted by molar-refractivity contribution is 0.494. The maximum Gasteiger partial charge on any atom is 0.140 e. The van der Waals surface area contributed by atoms with Crippen LogP contribution in [0, 0.1) is 0 Å². The lowest BCUT2D eigenvalue weighted by Gasteiger charge is -2.12. The number of rotatable bonds is 0. The zero-order valence-corrected chi connectivity index (χ0v) is 5.94. The van der Waals surface area contributed by atoms with Crippen molar-refractivity contribution in [2.75, 3.05) is 27.2 Å². The fourth-order valence-corrected chi connectivity index (χ4v) is 1.63. The molecule has 0 amide bonds. The molecule has 0 unspecified atom stereocenters. The molecule has 0 bridgehead atoms. The van der Waals surface area contributed by atoms with Crippen molar-refractivity contribution in [2.24, 2.45) is 0 Å². The molecule has 0 aromatic heterocycles. The van der Waals surface area contributed by atoms with Crippen LogP contribution in [0.3, 0.4) is 0 Å². The standard InChI is InChI=1S/C4H10N2OS/c1-5-3-4-6(2)8(5)7/h3-4H2,1-2H3. The second-order valence-corrected chi connectivity index (χ2v) is 3.64. The summed E-state index contributed by atoms with van der Waals surface area (Å²) in [7, 11) is 3.72. The smallest absolute Gasteiger partial charge is 0.140 e. The van der Waals surface area contributed by atoms with Crippen LogP contribution in [0.2, 0.25) is 0 Å². The summed E-state index contributed by atoms with van der Waals surface area (Å²) in [6, 6.07) is 0. The summed E-state index contributed by atoms with van der Waals surface area (Å²) in [6.45, 7) is 1.84. The van der Waals surface area contributed by atoms with Crippen LogP contribution in [0.4, 0.5) is 0 Å². The monoisotopic (exact) mass is 134 g/mol. The summed E-state index contributed by atoms with van der Waals surface area (Å²) in [5.41, 5.74) is 0. The summed E-state index contributed by atoms with van der Waals surface area (Å²) in [4.78, 5) is 0. The molecule has 0 aromatic carbocycles. The molecule has 0 radical (unpaired) electrons. The second-order valence-electron chi connectivity index (χ2n) is 1.93. The maximum absolute atomic E-state index is 10.9. The molecule has 3 nitrogen and oxygen atoms in total. The van der Waals surface area contributed by atoms with Gasteiger partial charge in [0.05, 0.1) is 13.1 Å². The average Bonchev–Trinajstić information content (AvgIpc) is 1.98. The van der Waals surface area contributed by atoms with Crippen LogP contribution in [0.15, 0.2) is 0 Å². The van der Waals surface area contributed by atoms with Gasteiger partial charge < -0.3 is 4.55 Å². The fraction of sp³-hybridized carbons (Fsp3) is 1.00. The first-order valence-electron chi connectivity index (χ1n) is 2.56. The van der Waals surface area contributed by atoms with Gasteiger partial charge >= 0.3 is 0 Å². The van der Waals surface area contributed by atoms with Gasteiger partial charge in [-0.3, -0.25) is 0 Å². The maximum atomic E-state index is 10.9. The molecule has 1 heterocycles. The zero-order valence-electron chi connectivity index (χ0n) is 5.13. The Balaban J connectivity index is 2.44.